The van der Waals surface area contributed by atoms with E-state index in [-0.39, 0.29) is 30.7 Å². The number of nitrogens with one attached hydrogen (secondary N) is 2. The maximum absolute atomic E-state index is 11.2. The minimum absolute atomic E-state index is 0.110. The summed E-state index contributed by atoms with van der Waals surface area (Å²) in [7, 11) is -1.91. The summed E-state index contributed by atoms with van der Waals surface area (Å²) in [5, 5.41) is 2.50. The summed E-state index contributed by atoms with van der Waals surface area (Å²) in [6.45, 7) is 2.00. The van der Waals surface area contributed by atoms with Crippen LogP contribution in [0.4, 0.5) is 0 Å². The fraction of sp³-hybridized carbons (Fsp3) is 0.875. The number of nitrogens with two attached hydrogens (primary N) is 1. The Morgan fingerprint density at radius 3 is 2.53 bits per heavy atom. The molecule has 0 aromatic carbocycles. The first-order chi connectivity index (χ1) is 6.91. The third kappa shape index (κ3) is 7.29. The van der Waals surface area contributed by atoms with E-state index in [0.717, 1.165) is 6.42 Å². The molecular formula is C8H19N3O3S. The Balaban J connectivity index is 3.74. The topological polar surface area (TPSA) is 101 Å². The largest absolute Gasteiger partial charge is 0.355 e. The van der Waals surface area contributed by atoms with Gasteiger partial charge in [-0.25, -0.2) is 13.1 Å². The van der Waals surface area contributed by atoms with E-state index in [0.29, 0.717) is 0 Å². The normalized spacial score (nSPS) is 13.5. The van der Waals surface area contributed by atoms with Crippen LogP contribution < -0.4 is 15.8 Å². The fourth-order valence-corrected chi connectivity index (χ4v) is 1.46. The van der Waals surface area contributed by atoms with Crippen LogP contribution in [0.3, 0.4) is 0 Å². The number of carbonyl (C=O) groups is 1. The maximum atomic E-state index is 11.2. The molecule has 15 heavy (non-hydrogen) atoms. The number of sulfonamides is 1. The highest BCUT2D eigenvalue weighted by molar-refractivity contribution is 7.89. The first kappa shape index (κ1) is 14.3. The van der Waals surface area contributed by atoms with E-state index in [4.69, 9.17) is 5.73 Å². The minimum atomic E-state index is -3.25. The van der Waals surface area contributed by atoms with Crippen LogP contribution in [0.15, 0.2) is 0 Å². The summed E-state index contributed by atoms with van der Waals surface area (Å²) in [5.74, 6) is -0.327. The number of rotatable bonds is 7. The third-order valence-corrected chi connectivity index (χ3v) is 3.34. The number of hydrogen-bond donors (Lipinski definition) is 3. The molecule has 4 N–H and O–H groups in total. The van der Waals surface area contributed by atoms with Gasteiger partial charge in [-0.15, -0.1) is 0 Å². The summed E-state index contributed by atoms with van der Waals surface area (Å²) in [6.07, 6.45) is 0.957. The summed E-state index contributed by atoms with van der Waals surface area (Å²) in [5.41, 5.74) is 5.57. The first-order valence-corrected chi connectivity index (χ1v) is 6.50. The number of amides is 1. The van der Waals surface area contributed by atoms with Gasteiger partial charge in [0.05, 0.1) is 5.75 Å². The zero-order valence-corrected chi connectivity index (χ0v) is 9.93. The molecule has 6 nitrogen and oxygen atoms in total. The smallest absolute Gasteiger partial charge is 0.221 e. The Kier molecular flexibility index (Phi) is 6.46. The van der Waals surface area contributed by atoms with Crippen LogP contribution in [0.2, 0.25) is 0 Å². The van der Waals surface area contributed by atoms with Gasteiger partial charge < -0.3 is 11.1 Å². The van der Waals surface area contributed by atoms with Gasteiger partial charge in [0, 0.05) is 19.0 Å². The average Bonchev–Trinajstić information content (AvgIpc) is 2.17. The van der Waals surface area contributed by atoms with Crippen LogP contribution >= 0.6 is 0 Å². The van der Waals surface area contributed by atoms with Gasteiger partial charge in [-0.2, -0.15) is 0 Å². The summed E-state index contributed by atoms with van der Waals surface area (Å²) >= 11 is 0. The lowest BCUT2D eigenvalue weighted by atomic mass is 10.1. The van der Waals surface area contributed by atoms with Gasteiger partial charge in [-0.1, -0.05) is 6.92 Å². The van der Waals surface area contributed by atoms with E-state index in [1.54, 1.807) is 0 Å². The van der Waals surface area contributed by atoms with E-state index in [1.165, 1.54) is 7.05 Å². The SMILES string of the molecule is CCC(N)CC(=O)NCCS(=O)(=O)NC. The molecule has 7 heteroatoms. The van der Waals surface area contributed by atoms with Crippen LogP contribution in [0.5, 0.6) is 0 Å². The van der Waals surface area contributed by atoms with Gasteiger partial charge in [-0.3, -0.25) is 4.79 Å². The van der Waals surface area contributed by atoms with Crippen molar-refractivity contribution in [2.45, 2.75) is 25.8 Å². The lowest BCUT2D eigenvalue weighted by Crippen LogP contribution is -2.35. The highest BCUT2D eigenvalue weighted by Crippen LogP contribution is 1.92. The van der Waals surface area contributed by atoms with E-state index in [9.17, 15) is 13.2 Å². The van der Waals surface area contributed by atoms with Crippen molar-refractivity contribution in [3.63, 3.8) is 0 Å². The Bertz CT molecular complexity index is 290. The van der Waals surface area contributed by atoms with Crippen molar-refractivity contribution in [3.8, 4) is 0 Å². The van der Waals surface area contributed by atoms with Gasteiger partial charge in [0.25, 0.3) is 0 Å². The van der Waals surface area contributed by atoms with Gasteiger partial charge in [0.1, 0.15) is 0 Å². The molecule has 0 rings (SSSR count). The fourth-order valence-electron chi connectivity index (χ4n) is 0.882. The van der Waals surface area contributed by atoms with Crippen molar-refractivity contribution < 1.29 is 13.2 Å². The molecule has 90 valence electrons. The maximum Gasteiger partial charge on any atom is 0.221 e. The quantitative estimate of drug-likeness (QED) is 0.516. The van der Waals surface area contributed by atoms with Crippen LogP contribution in [0.25, 0.3) is 0 Å². The molecule has 1 atom stereocenters. The summed E-state index contributed by atoms with van der Waals surface area (Å²) in [4.78, 5) is 11.2. The molecule has 0 spiro atoms. The van der Waals surface area contributed by atoms with Crippen molar-refractivity contribution >= 4 is 15.9 Å². The lowest BCUT2D eigenvalue weighted by Gasteiger charge is -2.09. The summed E-state index contributed by atoms with van der Waals surface area (Å²) in [6, 6.07) is -0.161. The molecule has 0 saturated heterocycles. The minimum Gasteiger partial charge on any atom is -0.355 e. The molecule has 0 aromatic heterocycles. The van der Waals surface area contributed by atoms with Crippen LogP contribution in [0.1, 0.15) is 19.8 Å². The molecule has 0 bridgehead atoms. The second kappa shape index (κ2) is 6.76. The molecule has 0 aliphatic carbocycles. The van der Waals surface area contributed by atoms with Crippen molar-refractivity contribution in [2.75, 3.05) is 19.3 Å². The van der Waals surface area contributed by atoms with Crippen LogP contribution in [-0.4, -0.2) is 39.7 Å². The second-order valence-corrected chi connectivity index (χ2v) is 5.29. The van der Waals surface area contributed by atoms with Gasteiger partial charge in [0.2, 0.25) is 15.9 Å². The van der Waals surface area contributed by atoms with Crippen LogP contribution in [-0.2, 0) is 14.8 Å². The van der Waals surface area contributed by atoms with Gasteiger partial charge in [0.15, 0.2) is 0 Å². The standard InChI is InChI=1S/C8H19N3O3S/c1-3-7(9)6-8(12)11-4-5-15(13,14)10-2/h7,10H,3-6,9H2,1-2H3,(H,11,12). The first-order valence-electron chi connectivity index (χ1n) is 4.84. The zero-order valence-electron chi connectivity index (χ0n) is 9.12. The average molecular weight is 237 g/mol. The number of hydrogen-bond acceptors (Lipinski definition) is 4. The van der Waals surface area contributed by atoms with Crippen molar-refractivity contribution in [1.82, 2.24) is 10.0 Å². The van der Waals surface area contributed by atoms with E-state index in [2.05, 4.69) is 10.0 Å². The second-order valence-electron chi connectivity index (χ2n) is 3.25. The van der Waals surface area contributed by atoms with Crippen molar-refractivity contribution in [3.05, 3.63) is 0 Å². The Morgan fingerprint density at radius 2 is 2.07 bits per heavy atom. The number of carbonyl (C=O) groups excluding carboxylic acids is 1. The lowest BCUT2D eigenvalue weighted by molar-refractivity contribution is -0.121. The molecule has 0 aliphatic heterocycles. The van der Waals surface area contributed by atoms with Crippen molar-refractivity contribution in [1.29, 1.82) is 0 Å². The predicted octanol–water partition coefficient (Wildman–Crippen LogP) is -1.22. The zero-order chi connectivity index (χ0) is 11.9. The molecule has 0 aliphatic rings. The monoisotopic (exact) mass is 237 g/mol. The molecule has 0 saturated carbocycles. The Hall–Kier alpha value is -0.660. The van der Waals surface area contributed by atoms with Crippen molar-refractivity contribution in [2.24, 2.45) is 5.73 Å². The molecule has 0 aromatic rings. The molecule has 1 amide bonds. The molecule has 0 fully saturated rings. The summed E-state index contributed by atoms with van der Waals surface area (Å²) < 4.78 is 24.1. The van der Waals surface area contributed by atoms with E-state index < -0.39 is 10.0 Å². The predicted molar refractivity (Wildman–Crippen MR) is 58.7 cm³/mol. The van der Waals surface area contributed by atoms with Gasteiger partial charge >= 0.3 is 0 Å². The highest BCUT2D eigenvalue weighted by atomic mass is 32.2. The Morgan fingerprint density at radius 1 is 1.47 bits per heavy atom. The molecule has 0 heterocycles. The van der Waals surface area contributed by atoms with Crippen LogP contribution in [0, 0.1) is 0 Å². The molecule has 0 radical (unpaired) electrons. The molecule has 1 unspecified atom stereocenters. The Labute approximate surface area is 90.7 Å². The van der Waals surface area contributed by atoms with E-state index in [1.807, 2.05) is 6.92 Å². The molecular weight excluding hydrogens is 218 g/mol. The van der Waals surface area contributed by atoms with Gasteiger partial charge in [-0.05, 0) is 13.5 Å². The third-order valence-electron chi connectivity index (χ3n) is 1.98. The highest BCUT2D eigenvalue weighted by Gasteiger charge is 2.09. The van der Waals surface area contributed by atoms with E-state index >= 15 is 0 Å².